The van der Waals surface area contributed by atoms with Gasteiger partial charge >= 0.3 is 0 Å². The minimum atomic E-state index is 0.800. The van der Waals surface area contributed by atoms with Crippen LogP contribution >= 0.6 is 0 Å². The zero-order chi connectivity index (χ0) is 13.3. The molecule has 3 nitrogen and oxygen atoms in total. The fourth-order valence-electron chi connectivity index (χ4n) is 1.78. The van der Waals surface area contributed by atoms with E-state index in [1.807, 2.05) is 18.2 Å². The fourth-order valence-corrected chi connectivity index (χ4v) is 1.78. The summed E-state index contributed by atoms with van der Waals surface area (Å²) in [4.78, 5) is 0. The third-order valence-corrected chi connectivity index (χ3v) is 2.93. The van der Waals surface area contributed by atoms with E-state index < -0.39 is 0 Å². The Kier molecular flexibility index (Phi) is 5.50. The molecule has 2 aromatic rings. The van der Waals surface area contributed by atoms with Crippen LogP contribution in [0.5, 0.6) is 5.75 Å². The lowest BCUT2D eigenvalue weighted by Gasteiger charge is -2.07. The predicted molar refractivity (Wildman–Crippen MR) is 76.1 cm³/mol. The van der Waals surface area contributed by atoms with Crippen molar-refractivity contribution in [1.29, 1.82) is 0 Å². The zero-order valence-electron chi connectivity index (χ0n) is 11.4. The van der Waals surface area contributed by atoms with Gasteiger partial charge in [0.25, 0.3) is 0 Å². The summed E-state index contributed by atoms with van der Waals surface area (Å²) in [6, 6.07) is 10.2. The average Bonchev–Trinajstić information content (AvgIpc) is 2.94. The number of rotatable bonds is 8. The third-order valence-electron chi connectivity index (χ3n) is 2.93. The van der Waals surface area contributed by atoms with Gasteiger partial charge in [0.2, 0.25) is 0 Å². The monoisotopic (exact) mass is 259 g/mol. The van der Waals surface area contributed by atoms with Gasteiger partial charge in [-0.25, -0.2) is 0 Å². The molecule has 1 N–H and O–H groups in total. The molecule has 0 saturated heterocycles. The van der Waals surface area contributed by atoms with Gasteiger partial charge in [-0.3, -0.25) is 0 Å². The maximum absolute atomic E-state index is 5.63. The average molecular weight is 259 g/mol. The van der Waals surface area contributed by atoms with Crippen LogP contribution in [0.25, 0.3) is 0 Å². The first-order valence-corrected chi connectivity index (χ1v) is 6.82. The van der Waals surface area contributed by atoms with Crippen LogP contribution in [0.3, 0.4) is 0 Å². The van der Waals surface area contributed by atoms with E-state index in [0.29, 0.717) is 0 Å². The topological polar surface area (TPSA) is 34.4 Å². The number of nitrogens with one attached hydrogen (secondary N) is 1. The van der Waals surface area contributed by atoms with E-state index in [-0.39, 0.29) is 0 Å². The molecule has 0 aliphatic rings. The van der Waals surface area contributed by atoms with Crippen molar-refractivity contribution >= 4 is 0 Å². The maximum Gasteiger partial charge on any atom is 0.119 e. The van der Waals surface area contributed by atoms with Crippen LogP contribution in [-0.4, -0.2) is 6.61 Å². The van der Waals surface area contributed by atoms with Crippen LogP contribution in [0.15, 0.2) is 47.3 Å². The molecule has 1 heterocycles. The summed E-state index contributed by atoms with van der Waals surface area (Å²) in [5.41, 5.74) is 2.42. The van der Waals surface area contributed by atoms with Crippen molar-refractivity contribution in [3.05, 3.63) is 54.0 Å². The Morgan fingerprint density at radius 2 is 1.84 bits per heavy atom. The summed E-state index contributed by atoms with van der Waals surface area (Å²) in [6.07, 6.45) is 5.72. The van der Waals surface area contributed by atoms with Crippen molar-refractivity contribution in [2.75, 3.05) is 6.61 Å². The van der Waals surface area contributed by atoms with Crippen molar-refractivity contribution in [2.45, 2.75) is 32.9 Å². The number of furan rings is 1. The molecule has 0 unspecified atom stereocenters. The molecule has 0 spiro atoms. The Hall–Kier alpha value is -1.74. The van der Waals surface area contributed by atoms with Crippen LogP contribution in [0.1, 0.15) is 30.9 Å². The SMILES string of the molecule is CCCCOc1ccc(CNCc2ccoc2)cc1. The summed E-state index contributed by atoms with van der Waals surface area (Å²) in [5.74, 6) is 0.951. The first-order chi connectivity index (χ1) is 9.38. The van der Waals surface area contributed by atoms with E-state index in [1.54, 1.807) is 12.5 Å². The first-order valence-electron chi connectivity index (χ1n) is 6.82. The molecule has 0 amide bonds. The minimum Gasteiger partial charge on any atom is -0.494 e. The molecule has 0 atom stereocenters. The zero-order valence-corrected chi connectivity index (χ0v) is 11.4. The van der Waals surface area contributed by atoms with Crippen molar-refractivity contribution in [1.82, 2.24) is 5.32 Å². The Morgan fingerprint density at radius 3 is 2.53 bits per heavy atom. The Balaban J connectivity index is 1.72. The third kappa shape index (κ3) is 4.79. The van der Waals surface area contributed by atoms with Gasteiger partial charge in [0.05, 0.1) is 19.1 Å². The number of hydrogen-bond acceptors (Lipinski definition) is 3. The lowest BCUT2D eigenvalue weighted by molar-refractivity contribution is 0.309. The van der Waals surface area contributed by atoms with Gasteiger partial charge in [-0.05, 0) is 30.2 Å². The summed E-state index contributed by atoms with van der Waals surface area (Å²) in [6.45, 7) is 4.64. The van der Waals surface area contributed by atoms with E-state index in [2.05, 4.69) is 24.4 Å². The summed E-state index contributed by atoms with van der Waals surface area (Å²) >= 11 is 0. The molecule has 0 aliphatic carbocycles. The lowest BCUT2D eigenvalue weighted by Crippen LogP contribution is -2.11. The molecule has 19 heavy (non-hydrogen) atoms. The minimum absolute atomic E-state index is 0.800. The quantitative estimate of drug-likeness (QED) is 0.733. The van der Waals surface area contributed by atoms with Gasteiger partial charge in [-0.15, -0.1) is 0 Å². The van der Waals surface area contributed by atoms with Crippen LogP contribution in [0.2, 0.25) is 0 Å². The Bertz CT molecular complexity index is 448. The largest absolute Gasteiger partial charge is 0.494 e. The first kappa shape index (κ1) is 13.7. The van der Waals surface area contributed by atoms with Crippen molar-refractivity contribution in [3.8, 4) is 5.75 Å². The number of ether oxygens (including phenoxy) is 1. The van der Waals surface area contributed by atoms with E-state index >= 15 is 0 Å². The molecule has 0 aliphatic heterocycles. The van der Waals surface area contributed by atoms with E-state index in [1.165, 1.54) is 11.1 Å². The fraction of sp³-hybridized carbons (Fsp3) is 0.375. The highest BCUT2D eigenvalue weighted by Crippen LogP contribution is 2.12. The maximum atomic E-state index is 5.63. The molecule has 0 fully saturated rings. The lowest BCUT2D eigenvalue weighted by atomic mass is 10.2. The van der Waals surface area contributed by atoms with E-state index in [4.69, 9.17) is 9.15 Å². The molecular formula is C16H21NO2. The second-order valence-corrected chi connectivity index (χ2v) is 4.58. The van der Waals surface area contributed by atoms with E-state index in [0.717, 1.165) is 38.3 Å². The van der Waals surface area contributed by atoms with Gasteiger partial charge in [-0.1, -0.05) is 25.5 Å². The molecular weight excluding hydrogens is 238 g/mol. The van der Waals surface area contributed by atoms with Crippen LogP contribution < -0.4 is 10.1 Å². The van der Waals surface area contributed by atoms with E-state index in [9.17, 15) is 0 Å². The molecule has 1 aromatic heterocycles. The van der Waals surface area contributed by atoms with Crippen LogP contribution in [0.4, 0.5) is 0 Å². The molecule has 1 aromatic carbocycles. The number of benzene rings is 1. The van der Waals surface area contributed by atoms with Gasteiger partial charge in [-0.2, -0.15) is 0 Å². The predicted octanol–water partition coefficient (Wildman–Crippen LogP) is 3.75. The molecule has 0 bridgehead atoms. The standard InChI is InChI=1S/C16H21NO2/c1-2-3-9-19-16-6-4-14(5-7-16)11-17-12-15-8-10-18-13-15/h4-8,10,13,17H,2-3,9,11-12H2,1H3. The molecule has 0 saturated carbocycles. The van der Waals surface area contributed by atoms with Gasteiger partial charge in [0, 0.05) is 18.7 Å². The normalized spacial score (nSPS) is 10.6. The summed E-state index contributed by atoms with van der Waals surface area (Å²) in [5, 5.41) is 3.38. The van der Waals surface area contributed by atoms with Crippen molar-refractivity contribution < 1.29 is 9.15 Å². The molecule has 2 rings (SSSR count). The van der Waals surface area contributed by atoms with Crippen LogP contribution in [-0.2, 0) is 13.1 Å². The summed E-state index contributed by atoms with van der Waals surface area (Å²) < 4.78 is 10.7. The number of unbranched alkanes of at least 4 members (excludes halogenated alkanes) is 1. The highest BCUT2D eigenvalue weighted by atomic mass is 16.5. The van der Waals surface area contributed by atoms with Crippen LogP contribution in [0, 0.1) is 0 Å². The molecule has 102 valence electrons. The van der Waals surface area contributed by atoms with Crippen molar-refractivity contribution in [2.24, 2.45) is 0 Å². The number of hydrogen-bond donors (Lipinski definition) is 1. The Morgan fingerprint density at radius 1 is 1.05 bits per heavy atom. The highest BCUT2D eigenvalue weighted by Gasteiger charge is 1.97. The second-order valence-electron chi connectivity index (χ2n) is 4.58. The molecule has 0 radical (unpaired) electrons. The highest BCUT2D eigenvalue weighted by molar-refractivity contribution is 5.27. The Labute approximate surface area is 114 Å². The van der Waals surface area contributed by atoms with Gasteiger partial charge in [0.15, 0.2) is 0 Å². The smallest absolute Gasteiger partial charge is 0.119 e. The summed E-state index contributed by atoms with van der Waals surface area (Å²) in [7, 11) is 0. The molecule has 3 heteroatoms. The second kappa shape index (κ2) is 7.64. The van der Waals surface area contributed by atoms with Crippen molar-refractivity contribution in [3.63, 3.8) is 0 Å². The van der Waals surface area contributed by atoms with Gasteiger partial charge in [0.1, 0.15) is 5.75 Å². The van der Waals surface area contributed by atoms with Gasteiger partial charge < -0.3 is 14.5 Å².